The molecular formula is C17H17FN2O. The van der Waals surface area contributed by atoms with Gasteiger partial charge in [-0.25, -0.2) is 4.39 Å². The Morgan fingerprint density at radius 3 is 2.67 bits per heavy atom. The first-order valence-corrected chi connectivity index (χ1v) is 6.68. The van der Waals surface area contributed by atoms with E-state index in [1.165, 1.54) is 12.1 Å². The third kappa shape index (κ3) is 3.59. The first-order chi connectivity index (χ1) is 10.0. The largest absolute Gasteiger partial charge is 0.489 e. The fourth-order valence-electron chi connectivity index (χ4n) is 2.03. The summed E-state index contributed by atoms with van der Waals surface area (Å²) in [5, 5.41) is 8.81. The van der Waals surface area contributed by atoms with Crippen molar-refractivity contribution in [1.82, 2.24) is 0 Å². The summed E-state index contributed by atoms with van der Waals surface area (Å²) < 4.78 is 19.0. The zero-order chi connectivity index (χ0) is 15.4. The molecular weight excluding hydrogens is 267 g/mol. The molecule has 2 aromatic carbocycles. The first kappa shape index (κ1) is 15.0. The molecule has 0 saturated carbocycles. The number of benzene rings is 2. The topological polar surface area (TPSA) is 59.0 Å². The standard InChI is InChI=1S/C17H17FN2O/c1-11-7-14(12(2)20)4-6-17(11)21-10-13-3-5-16(18)15(8-13)9-19/h3-8,12H,10,20H2,1-2H3. The Bertz CT molecular complexity index is 690. The summed E-state index contributed by atoms with van der Waals surface area (Å²) in [5.74, 6) is 0.237. The molecule has 0 saturated heterocycles. The van der Waals surface area contributed by atoms with Crippen molar-refractivity contribution >= 4 is 0 Å². The Balaban J connectivity index is 2.12. The summed E-state index contributed by atoms with van der Waals surface area (Å²) in [6, 6.07) is 12.0. The summed E-state index contributed by atoms with van der Waals surface area (Å²) in [4.78, 5) is 0. The first-order valence-electron chi connectivity index (χ1n) is 6.68. The van der Waals surface area contributed by atoms with Crippen LogP contribution in [0.25, 0.3) is 0 Å². The van der Waals surface area contributed by atoms with Crippen LogP contribution in [-0.2, 0) is 6.61 Å². The fraction of sp³-hybridized carbons (Fsp3) is 0.235. The minimum absolute atomic E-state index is 0.0203. The van der Waals surface area contributed by atoms with Crippen molar-refractivity contribution in [3.63, 3.8) is 0 Å². The third-order valence-corrected chi connectivity index (χ3v) is 3.27. The molecule has 3 nitrogen and oxygen atoms in total. The van der Waals surface area contributed by atoms with Gasteiger partial charge >= 0.3 is 0 Å². The lowest BCUT2D eigenvalue weighted by Crippen LogP contribution is -2.05. The van der Waals surface area contributed by atoms with Gasteiger partial charge in [0.2, 0.25) is 0 Å². The van der Waals surface area contributed by atoms with Gasteiger partial charge in [-0.15, -0.1) is 0 Å². The van der Waals surface area contributed by atoms with Gasteiger partial charge in [0, 0.05) is 6.04 Å². The van der Waals surface area contributed by atoms with Crippen molar-refractivity contribution in [2.75, 3.05) is 0 Å². The number of nitriles is 1. The van der Waals surface area contributed by atoms with Crippen LogP contribution in [0, 0.1) is 24.1 Å². The third-order valence-electron chi connectivity index (χ3n) is 3.27. The van der Waals surface area contributed by atoms with Crippen molar-refractivity contribution in [2.24, 2.45) is 5.73 Å². The number of ether oxygens (including phenoxy) is 1. The Labute approximate surface area is 123 Å². The maximum absolute atomic E-state index is 13.2. The Kier molecular flexibility index (Phi) is 4.56. The predicted molar refractivity (Wildman–Crippen MR) is 79.2 cm³/mol. The number of hydrogen-bond acceptors (Lipinski definition) is 3. The quantitative estimate of drug-likeness (QED) is 0.933. The maximum Gasteiger partial charge on any atom is 0.140 e. The molecule has 0 fully saturated rings. The smallest absolute Gasteiger partial charge is 0.140 e. The molecule has 1 atom stereocenters. The van der Waals surface area contributed by atoms with Crippen LogP contribution in [0.5, 0.6) is 5.75 Å². The van der Waals surface area contributed by atoms with Crippen LogP contribution in [0.4, 0.5) is 4.39 Å². The average molecular weight is 284 g/mol. The Morgan fingerprint density at radius 2 is 2.05 bits per heavy atom. The van der Waals surface area contributed by atoms with Crippen LogP contribution in [-0.4, -0.2) is 0 Å². The van der Waals surface area contributed by atoms with Crippen LogP contribution < -0.4 is 10.5 Å². The van der Waals surface area contributed by atoms with Gasteiger partial charge in [0.05, 0.1) is 5.56 Å². The highest BCUT2D eigenvalue weighted by atomic mass is 19.1. The van der Waals surface area contributed by atoms with E-state index in [1.54, 1.807) is 6.07 Å². The van der Waals surface area contributed by atoms with Crippen molar-refractivity contribution in [1.29, 1.82) is 5.26 Å². The Hall–Kier alpha value is -2.38. The molecule has 2 aromatic rings. The van der Waals surface area contributed by atoms with Gasteiger partial charge in [-0.3, -0.25) is 0 Å². The highest BCUT2D eigenvalue weighted by Crippen LogP contribution is 2.23. The number of aryl methyl sites for hydroxylation is 1. The van der Waals surface area contributed by atoms with E-state index >= 15 is 0 Å². The molecule has 2 N–H and O–H groups in total. The van der Waals surface area contributed by atoms with Crippen molar-refractivity contribution in [3.8, 4) is 11.8 Å². The Morgan fingerprint density at radius 1 is 1.29 bits per heavy atom. The minimum atomic E-state index is -0.515. The summed E-state index contributed by atoms with van der Waals surface area (Å²) in [7, 11) is 0. The molecule has 0 radical (unpaired) electrons. The van der Waals surface area contributed by atoms with E-state index in [2.05, 4.69) is 0 Å². The lowest BCUT2D eigenvalue weighted by Gasteiger charge is -2.12. The van der Waals surface area contributed by atoms with Crippen molar-refractivity contribution in [2.45, 2.75) is 26.5 Å². The van der Waals surface area contributed by atoms with Gasteiger partial charge in [0.25, 0.3) is 0 Å². The van der Waals surface area contributed by atoms with Crippen LogP contribution in [0.2, 0.25) is 0 Å². The lowest BCUT2D eigenvalue weighted by molar-refractivity contribution is 0.304. The fourth-order valence-corrected chi connectivity index (χ4v) is 2.03. The highest BCUT2D eigenvalue weighted by Gasteiger charge is 2.06. The summed E-state index contributed by atoms with van der Waals surface area (Å²) >= 11 is 0. The van der Waals surface area contributed by atoms with Crippen molar-refractivity contribution < 1.29 is 9.13 Å². The van der Waals surface area contributed by atoms with Crippen LogP contribution >= 0.6 is 0 Å². The van der Waals surface area contributed by atoms with Gasteiger partial charge in [-0.2, -0.15) is 5.26 Å². The summed E-state index contributed by atoms with van der Waals surface area (Å²) in [6.45, 7) is 4.16. The van der Waals surface area contributed by atoms with Gasteiger partial charge in [-0.1, -0.05) is 18.2 Å². The van der Waals surface area contributed by atoms with E-state index in [0.717, 1.165) is 22.4 Å². The summed E-state index contributed by atoms with van der Waals surface area (Å²) in [5.41, 5.74) is 8.66. The molecule has 0 aliphatic carbocycles. The molecule has 108 valence electrons. The molecule has 0 aliphatic rings. The van der Waals surface area contributed by atoms with E-state index in [4.69, 9.17) is 15.7 Å². The zero-order valence-corrected chi connectivity index (χ0v) is 12.1. The second-order valence-electron chi connectivity index (χ2n) is 5.03. The van der Waals surface area contributed by atoms with E-state index < -0.39 is 5.82 Å². The van der Waals surface area contributed by atoms with E-state index in [-0.39, 0.29) is 18.2 Å². The molecule has 1 unspecified atom stereocenters. The number of halogens is 1. The van der Waals surface area contributed by atoms with Gasteiger partial charge in [0.15, 0.2) is 0 Å². The van der Waals surface area contributed by atoms with Gasteiger partial charge in [-0.05, 0) is 48.7 Å². The van der Waals surface area contributed by atoms with Gasteiger partial charge < -0.3 is 10.5 Å². The maximum atomic E-state index is 13.2. The molecule has 0 heterocycles. The monoisotopic (exact) mass is 284 g/mol. The molecule has 4 heteroatoms. The number of hydrogen-bond donors (Lipinski definition) is 1. The highest BCUT2D eigenvalue weighted by molar-refractivity contribution is 5.38. The number of nitrogens with zero attached hydrogens (tertiary/aromatic N) is 1. The molecule has 0 aromatic heterocycles. The molecule has 0 aliphatic heterocycles. The summed E-state index contributed by atoms with van der Waals surface area (Å²) in [6.07, 6.45) is 0. The molecule has 21 heavy (non-hydrogen) atoms. The molecule has 0 bridgehead atoms. The second kappa shape index (κ2) is 6.38. The number of rotatable bonds is 4. The van der Waals surface area contributed by atoms with E-state index in [1.807, 2.05) is 38.1 Å². The predicted octanol–water partition coefficient (Wildman–Crippen LogP) is 3.60. The van der Waals surface area contributed by atoms with E-state index in [9.17, 15) is 4.39 Å². The molecule has 2 rings (SSSR count). The zero-order valence-electron chi connectivity index (χ0n) is 12.1. The van der Waals surface area contributed by atoms with Crippen LogP contribution in [0.3, 0.4) is 0 Å². The van der Waals surface area contributed by atoms with E-state index in [0.29, 0.717) is 0 Å². The van der Waals surface area contributed by atoms with Crippen molar-refractivity contribution in [3.05, 3.63) is 64.5 Å². The lowest BCUT2D eigenvalue weighted by atomic mass is 10.1. The number of nitrogens with two attached hydrogens (primary N) is 1. The normalized spacial score (nSPS) is 11.8. The second-order valence-corrected chi connectivity index (χ2v) is 5.03. The van der Waals surface area contributed by atoms with Crippen LogP contribution in [0.15, 0.2) is 36.4 Å². The van der Waals surface area contributed by atoms with Crippen LogP contribution in [0.1, 0.15) is 35.2 Å². The molecule has 0 amide bonds. The van der Waals surface area contributed by atoms with Gasteiger partial charge in [0.1, 0.15) is 24.2 Å². The SMILES string of the molecule is Cc1cc(C(C)N)ccc1OCc1ccc(F)c(C#N)c1. The minimum Gasteiger partial charge on any atom is -0.489 e. The average Bonchev–Trinajstić information content (AvgIpc) is 2.47. The molecule has 0 spiro atoms.